The van der Waals surface area contributed by atoms with E-state index in [0.29, 0.717) is 0 Å². The van der Waals surface area contributed by atoms with E-state index in [0.717, 1.165) is 0 Å². The molecule has 4 heterocycles. The first-order chi connectivity index (χ1) is 23.1. The van der Waals surface area contributed by atoms with Gasteiger partial charge in [0, 0.05) is 0 Å². The Hall–Kier alpha value is -0.840. The van der Waals surface area contributed by atoms with Crippen LogP contribution in [0, 0.1) is 0 Å². The number of carbonyl (C=O) groups excluding carboxylic acids is 2. The van der Waals surface area contributed by atoms with Crippen molar-refractivity contribution in [1.29, 1.82) is 0 Å². The predicted octanol–water partition coefficient (Wildman–Crippen LogP) is -19.1. The molecule has 0 aliphatic carbocycles. The molecule has 4 rings (SSSR count). The first-order valence-electron chi connectivity index (χ1n) is 14.1. The van der Waals surface area contributed by atoms with Crippen molar-refractivity contribution in [2.24, 2.45) is 0 Å². The van der Waals surface area contributed by atoms with Gasteiger partial charge < -0.3 is 120 Å². The average Bonchev–Trinajstić information content (AvgIpc) is 3.04. The normalized spacial score (nSPS) is 46.2. The first-order valence-corrected chi connectivity index (χ1v) is 14.1. The summed E-state index contributed by atoms with van der Waals surface area (Å²) in [5.74, 6) is -7.21. The van der Waals surface area contributed by atoms with E-state index in [2.05, 4.69) is 9.47 Å². The Bertz CT molecular complexity index is 1120. The Labute approximate surface area is 333 Å². The summed E-state index contributed by atoms with van der Waals surface area (Å²) < 4.78 is 28.6. The van der Waals surface area contributed by atoms with Crippen LogP contribution in [0.15, 0.2) is 0 Å². The van der Waals surface area contributed by atoms with Gasteiger partial charge in [0.05, 0.1) is 11.9 Å². The molecule has 4 aliphatic heterocycles. The van der Waals surface area contributed by atoms with E-state index in [1.165, 1.54) is 0 Å². The van der Waals surface area contributed by atoms with E-state index in [9.17, 15) is 90.7 Å². The van der Waals surface area contributed by atoms with Gasteiger partial charge in [-0.05, 0) is 0 Å². The Morgan fingerprint density at radius 3 is 0.923 bits per heavy atom. The zero-order valence-corrected chi connectivity index (χ0v) is 30.7. The second-order valence-electron chi connectivity index (χ2n) is 11.2. The van der Waals surface area contributed by atoms with Crippen molar-refractivity contribution in [3.05, 3.63) is 0 Å². The van der Waals surface area contributed by atoms with Gasteiger partial charge >= 0.3 is 71.1 Å². The van der Waals surface area contributed by atoms with Crippen LogP contribution in [0.5, 0.6) is 0 Å². The van der Waals surface area contributed by atoms with E-state index in [1.54, 1.807) is 0 Å². The Kier molecular flexibility index (Phi) is 19.3. The van der Waals surface area contributed by atoms with Crippen LogP contribution in [0.4, 0.5) is 0 Å². The number of hydrogen-bond acceptors (Lipinski definition) is 24. The molecule has 14 N–H and O–H groups in total. The Morgan fingerprint density at radius 1 is 0.404 bits per heavy atom. The third-order valence-corrected chi connectivity index (χ3v) is 7.80. The van der Waals surface area contributed by atoms with Gasteiger partial charge in [-0.1, -0.05) is 0 Å². The molecular weight excluding hydrogens is 750 g/mol. The molecule has 288 valence electrons. The topological polar surface area (TPSA) is 453 Å². The molecule has 0 saturated carbocycles. The van der Waals surface area contributed by atoms with Crippen molar-refractivity contribution in [2.45, 2.75) is 123 Å². The maximum Gasteiger partial charge on any atom is 1.00 e. The number of aliphatic carboxylic acids is 4. The number of aliphatic hydroxyl groups is 12. The molecule has 0 bridgehead atoms. The summed E-state index contributed by atoms with van der Waals surface area (Å²) in [7, 11) is 0. The quantitative estimate of drug-likeness (QED) is 0.102. The van der Waals surface area contributed by atoms with Crippen molar-refractivity contribution in [1.82, 2.24) is 0 Å². The third kappa shape index (κ3) is 10.7. The number of carboxylic acids is 4. The molecule has 26 nitrogen and oxygen atoms in total. The minimum Gasteiger partial charge on any atom is -0.547 e. The van der Waals surface area contributed by atoms with Crippen molar-refractivity contribution >= 4 is 23.9 Å². The van der Waals surface area contributed by atoms with E-state index in [-0.39, 0.29) is 59.1 Å². The second-order valence-corrected chi connectivity index (χ2v) is 11.2. The van der Waals surface area contributed by atoms with Gasteiger partial charge in [0.15, 0.2) is 37.4 Å². The fourth-order valence-corrected chi connectivity index (χ4v) is 5.02. The average molecular weight is 784 g/mol. The molecule has 0 aromatic heterocycles. The van der Waals surface area contributed by atoms with Crippen LogP contribution in [0.3, 0.4) is 0 Å². The molecule has 0 radical (unpaired) electrons. The van der Waals surface area contributed by atoms with E-state index >= 15 is 0 Å². The summed E-state index contributed by atoms with van der Waals surface area (Å²) in [5, 5.41) is 156. The number of carboxylic acid groups (broad SMARTS) is 4. The smallest absolute Gasteiger partial charge is 0.547 e. The van der Waals surface area contributed by atoms with Crippen LogP contribution in [-0.2, 0) is 47.6 Å². The van der Waals surface area contributed by atoms with Gasteiger partial charge in [0.2, 0.25) is 0 Å². The summed E-state index contributed by atoms with van der Waals surface area (Å²) >= 11 is 0. The van der Waals surface area contributed by atoms with Gasteiger partial charge in [-0.15, -0.1) is 0 Å². The largest absolute Gasteiger partial charge is 1.00 e. The molecule has 4 saturated heterocycles. The fourth-order valence-electron chi connectivity index (χ4n) is 5.02. The van der Waals surface area contributed by atoms with E-state index in [4.69, 9.17) is 29.2 Å². The molecule has 20 atom stereocenters. The molecule has 0 aromatic rings. The van der Waals surface area contributed by atoms with Crippen molar-refractivity contribution in [2.75, 3.05) is 0 Å². The van der Waals surface area contributed by atoms with Gasteiger partial charge in [0.1, 0.15) is 85.5 Å². The molecule has 0 unspecified atom stereocenters. The Morgan fingerprint density at radius 2 is 0.673 bits per heavy atom. The summed E-state index contributed by atoms with van der Waals surface area (Å²) in [6, 6.07) is 0. The minimum atomic E-state index is -2.12. The number of carbonyl (C=O) groups is 4. The van der Waals surface area contributed by atoms with Crippen LogP contribution in [0.25, 0.3) is 0 Å². The first kappa shape index (κ1) is 49.2. The molecule has 4 aliphatic rings. The second kappa shape index (κ2) is 20.4. The third-order valence-electron chi connectivity index (χ3n) is 7.80. The molecule has 0 aromatic carbocycles. The van der Waals surface area contributed by atoms with Gasteiger partial charge in [-0.3, -0.25) is 0 Å². The standard InChI is InChI=1S/2C12H18O13.2Na/c2*13-1-2(14)7(10(20)21)24-12(5(1)17)25-8-4(16)3(15)6(9(18)19)23-11(8)22;;/h2*1-8,11-17,22H,(H,18,19)(H,20,21);;/q;;2*+1/p-2/t2*1-,2-,3-,4-,5+,6-,7-,8+,11+,12-;;/m00../s1. The van der Waals surface area contributed by atoms with E-state index in [1.807, 2.05) is 0 Å². The van der Waals surface area contributed by atoms with Gasteiger partial charge in [-0.2, -0.15) is 0 Å². The number of hydrogen-bond donors (Lipinski definition) is 14. The molecule has 4 fully saturated rings. The monoisotopic (exact) mass is 784 g/mol. The summed E-state index contributed by atoms with van der Waals surface area (Å²) in [6.07, 6.45) is -40.2. The van der Waals surface area contributed by atoms with Crippen LogP contribution in [0.2, 0.25) is 0 Å². The van der Waals surface area contributed by atoms with Crippen LogP contribution in [-0.4, -0.2) is 218 Å². The minimum absolute atomic E-state index is 0. The molecular formula is C24H34Na2O26. The molecule has 28 heteroatoms. The zero-order valence-electron chi connectivity index (χ0n) is 26.7. The van der Waals surface area contributed by atoms with Gasteiger partial charge in [-0.25, -0.2) is 9.59 Å². The molecule has 0 spiro atoms. The summed E-state index contributed by atoms with van der Waals surface area (Å²) in [5.41, 5.74) is 0. The van der Waals surface area contributed by atoms with E-state index < -0.39 is 147 Å². The van der Waals surface area contributed by atoms with Crippen molar-refractivity contribution in [3.63, 3.8) is 0 Å². The zero-order chi connectivity index (χ0) is 38.1. The molecule has 52 heavy (non-hydrogen) atoms. The SMILES string of the molecule is O=C(O)[C@H]1O[C@@H](O[C@@H]2[C@@H](O)[C@H](O)[C@@H](C(=O)[O-])O[C@H]2O)[C@H](O)[C@@H](O)[C@@H]1O.O=C(O)[C@H]1O[C@@H](O[C@@H]2[C@@H](O)[C@H](O)[C@@H](C(=O)[O-])O[C@H]2O)[C@H](O)[C@@H](O)[C@@H]1O.[Na+].[Na+]. The Balaban J connectivity index is 0.000000501. The summed E-state index contributed by atoms with van der Waals surface area (Å²) in [4.78, 5) is 43.5. The summed E-state index contributed by atoms with van der Waals surface area (Å²) in [6.45, 7) is 0. The number of rotatable bonds is 8. The maximum absolute atomic E-state index is 11.0. The van der Waals surface area contributed by atoms with Crippen LogP contribution in [0.1, 0.15) is 0 Å². The van der Waals surface area contributed by atoms with Crippen molar-refractivity contribution < 1.29 is 188 Å². The predicted molar refractivity (Wildman–Crippen MR) is 134 cm³/mol. The van der Waals surface area contributed by atoms with Crippen LogP contribution >= 0.6 is 0 Å². The van der Waals surface area contributed by atoms with Gasteiger partial charge in [0.25, 0.3) is 0 Å². The number of aliphatic hydroxyl groups excluding tert-OH is 12. The number of ether oxygens (including phenoxy) is 6. The maximum atomic E-state index is 11.0. The van der Waals surface area contributed by atoms with Crippen molar-refractivity contribution in [3.8, 4) is 0 Å². The van der Waals surface area contributed by atoms with Crippen LogP contribution < -0.4 is 69.3 Å². The molecule has 0 amide bonds. The fraction of sp³-hybridized carbons (Fsp3) is 0.833.